The minimum atomic E-state index is -0.661. The number of aryl methyl sites for hydroxylation is 1. The third-order valence-electron chi connectivity index (χ3n) is 5.46. The highest BCUT2D eigenvalue weighted by atomic mass is 16.5. The van der Waals surface area contributed by atoms with Gasteiger partial charge < -0.3 is 19.6 Å². The summed E-state index contributed by atoms with van der Waals surface area (Å²) in [6, 6.07) is 13.9. The van der Waals surface area contributed by atoms with Crippen LogP contribution in [-0.2, 0) is 9.59 Å². The van der Waals surface area contributed by atoms with Gasteiger partial charge >= 0.3 is 0 Å². The van der Waals surface area contributed by atoms with Gasteiger partial charge in [-0.05, 0) is 63.3 Å². The number of ether oxygens (including phenoxy) is 1. The smallest absolute Gasteiger partial charge is 0.295 e. The van der Waals surface area contributed by atoms with Gasteiger partial charge in [0, 0.05) is 12.1 Å². The molecule has 6 heteroatoms. The van der Waals surface area contributed by atoms with Crippen LogP contribution in [0.4, 0.5) is 0 Å². The molecule has 6 nitrogen and oxygen atoms in total. The third kappa shape index (κ3) is 4.92. The number of hydrogen-bond acceptors (Lipinski definition) is 5. The Morgan fingerprint density at radius 3 is 2.53 bits per heavy atom. The number of aliphatic hydroxyl groups excluding tert-OH is 1. The number of rotatable bonds is 9. The molecule has 0 bridgehead atoms. The Labute approximate surface area is 189 Å². The first-order valence-corrected chi connectivity index (χ1v) is 10.7. The number of hydrogen-bond donors (Lipinski definition) is 1. The van der Waals surface area contributed by atoms with Crippen molar-refractivity contribution in [3.05, 3.63) is 83.4 Å². The fourth-order valence-electron chi connectivity index (χ4n) is 3.91. The van der Waals surface area contributed by atoms with Crippen molar-refractivity contribution in [2.45, 2.75) is 19.4 Å². The summed E-state index contributed by atoms with van der Waals surface area (Å²) in [4.78, 5) is 29.6. The van der Waals surface area contributed by atoms with E-state index in [1.165, 1.54) is 0 Å². The van der Waals surface area contributed by atoms with Crippen LogP contribution in [0.2, 0.25) is 0 Å². The van der Waals surface area contributed by atoms with Crippen molar-refractivity contribution in [1.82, 2.24) is 9.80 Å². The zero-order valence-corrected chi connectivity index (χ0v) is 18.9. The number of benzene rings is 2. The van der Waals surface area contributed by atoms with Crippen molar-refractivity contribution < 1.29 is 19.4 Å². The van der Waals surface area contributed by atoms with Gasteiger partial charge in [0.05, 0.1) is 11.6 Å². The monoisotopic (exact) mass is 434 g/mol. The van der Waals surface area contributed by atoms with Crippen molar-refractivity contribution in [3.8, 4) is 5.75 Å². The molecule has 0 unspecified atom stereocenters. The van der Waals surface area contributed by atoms with Crippen molar-refractivity contribution in [2.24, 2.45) is 0 Å². The van der Waals surface area contributed by atoms with Crippen LogP contribution >= 0.6 is 0 Å². The molecular formula is C26H30N2O4. The van der Waals surface area contributed by atoms with Gasteiger partial charge in [-0.3, -0.25) is 9.59 Å². The van der Waals surface area contributed by atoms with Crippen molar-refractivity contribution in [3.63, 3.8) is 0 Å². The first-order valence-electron chi connectivity index (χ1n) is 10.7. The zero-order valence-electron chi connectivity index (χ0n) is 18.9. The molecular weight excluding hydrogens is 404 g/mol. The Morgan fingerprint density at radius 2 is 1.91 bits per heavy atom. The van der Waals surface area contributed by atoms with Crippen molar-refractivity contribution in [2.75, 3.05) is 33.8 Å². The molecule has 1 aliphatic heterocycles. The van der Waals surface area contributed by atoms with E-state index >= 15 is 0 Å². The second-order valence-electron chi connectivity index (χ2n) is 8.14. The molecule has 0 saturated carbocycles. The Hall–Kier alpha value is -3.38. The fraction of sp³-hybridized carbons (Fsp3) is 0.308. The van der Waals surface area contributed by atoms with Crippen LogP contribution in [0.5, 0.6) is 5.75 Å². The van der Waals surface area contributed by atoms with Gasteiger partial charge in [0.1, 0.15) is 18.1 Å². The van der Waals surface area contributed by atoms with Crippen LogP contribution in [-0.4, -0.2) is 60.4 Å². The highest BCUT2D eigenvalue weighted by Gasteiger charge is 2.45. The lowest BCUT2D eigenvalue weighted by molar-refractivity contribution is -0.139. The molecule has 1 aliphatic rings. The summed E-state index contributed by atoms with van der Waals surface area (Å²) in [7, 11) is 3.93. The van der Waals surface area contributed by atoms with Crippen LogP contribution < -0.4 is 4.74 Å². The highest BCUT2D eigenvalue weighted by molar-refractivity contribution is 6.46. The first-order chi connectivity index (χ1) is 15.3. The molecule has 3 rings (SSSR count). The molecule has 1 heterocycles. The van der Waals surface area contributed by atoms with Crippen LogP contribution in [0.25, 0.3) is 5.76 Å². The summed E-state index contributed by atoms with van der Waals surface area (Å²) in [5, 5.41) is 11.2. The number of likely N-dealkylation sites (tertiary alicyclic amines) is 1. The van der Waals surface area contributed by atoms with Crippen molar-refractivity contribution in [1.29, 1.82) is 0 Å². The van der Waals surface area contributed by atoms with E-state index in [9.17, 15) is 14.7 Å². The lowest BCUT2D eigenvalue weighted by atomic mass is 9.95. The molecule has 32 heavy (non-hydrogen) atoms. The van der Waals surface area contributed by atoms with Gasteiger partial charge in [0.25, 0.3) is 11.7 Å². The standard InChI is InChI=1S/C26H30N2O4/c1-5-16-32-21-13-12-20(17-18(21)2)24(29)22-23(19-10-7-6-8-11-19)28(26(31)25(22)30)15-9-14-27(3)4/h5-8,10-13,17,23,29H,1,9,14-16H2,2-4H3/t23-/m1/s1. The lowest BCUT2D eigenvalue weighted by Crippen LogP contribution is -2.32. The van der Waals surface area contributed by atoms with E-state index in [2.05, 4.69) is 6.58 Å². The number of amides is 1. The summed E-state index contributed by atoms with van der Waals surface area (Å²) in [5.74, 6) is -0.747. The second-order valence-corrected chi connectivity index (χ2v) is 8.14. The van der Waals surface area contributed by atoms with Crippen molar-refractivity contribution >= 4 is 17.4 Å². The largest absolute Gasteiger partial charge is 0.507 e. The van der Waals surface area contributed by atoms with Gasteiger partial charge in [-0.25, -0.2) is 0 Å². The molecule has 168 valence electrons. The molecule has 2 aromatic rings. The maximum absolute atomic E-state index is 13.0. The minimum absolute atomic E-state index is 0.116. The summed E-state index contributed by atoms with van der Waals surface area (Å²) in [6.45, 7) is 7.09. The molecule has 0 aliphatic carbocycles. The molecule has 1 N–H and O–H groups in total. The maximum Gasteiger partial charge on any atom is 0.295 e. The van der Waals surface area contributed by atoms with Gasteiger partial charge in [0.2, 0.25) is 0 Å². The van der Waals surface area contributed by atoms with E-state index in [1.807, 2.05) is 56.3 Å². The second kappa shape index (κ2) is 10.3. The van der Waals surface area contributed by atoms with E-state index in [1.54, 1.807) is 29.2 Å². The van der Waals surface area contributed by atoms with Gasteiger partial charge in [-0.2, -0.15) is 0 Å². The maximum atomic E-state index is 13.0. The third-order valence-corrected chi connectivity index (χ3v) is 5.46. The summed E-state index contributed by atoms with van der Waals surface area (Å²) in [6.07, 6.45) is 2.38. The molecule has 1 saturated heterocycles. The van der Waals surface area contributed by atoms with Crippen LogP contribution in [0, 0.1) is 6.92 Å². The number of Topliss-reactive ketones (excluding diaryl/α,β-unsaturated/α-hetero) is 1. The molecule has 0 spiro atoms. The Balaban J connectivity index is 2.04. The number of carbonyl (C=O) groups is 2. The van der Waals surface area contributed by atoms with E-state index in [0.717, 1.165) is 24.1 Å². The average molecular weight is 435 g/mol. The van der Waals surface area contributed by atoms with Gasteiger partial charge in [-0.15, -0.1) is 0 Å². The molecule has 1 fully saturated rings. The first kappa shape index (κ1) is 23.3. The molecule has 0 radical (unpaired) electrons. The van der Waals surface area contributed by atoms with E-state index < -0.39 is 17.7 Å². The lowest BCUT2D eigenvalue weighted by Gasteiger charge is -2.26. The Bertz CT molecular complexity index is 1030. The molecule has 1 amide bonds. The summed E-state index contributed by atoms with van der Waals surface area (Å²) < 4.78 is 5.61. The van der Waals surface area contributed by atoms with E-state index in [-0.39, 0.29) is 11.3 Å². The normalized spacial score (nSPS) is 17.8. The minimum Gasteiger partial charge on any atom is -0.507 e. The van der Waals surface area contributed by atoms with Crippen LogP contribution in [0.1, 0.15) is 29.2 Å². The van der Waals surface area contributed by atoms with Gasteiger partial charge in [0.15, 0.2) is 0 Å². The summed E-state index contributed by atoms with van der Waals surface area (Å²) >= 11 is 0. The predicted octanol–water partition coefficient (Wildman–Crippen LogP) is 3.93. The SMILES string of the molecule is C=CCOc1ccc(C(O)=C2C(=O)C(=O)N(CCCN(C)C)[C@@H]2c2ccccc2)cc1C. The van der Waals surface area contributed by atoms with Crippen LogP contribution in [0.3, 0.4) is 0 Å². The van der Waals surface area contributed by atoms with E-state index in [0.29, 0.717) is 24.5 Å². The highest BCUT2D eigenvalue weighted by Crippen LogP contribution is 2.39. The molecule has 2 aromatic carbocycles. The van der Waals surface area contributed by atoms with Crippen LogP contribution in [0.15, 0.2) is 66.8 Å². The van der Waals surface area contributed by atoms with Gasteiger partial charge in [-0.1, -0.05) is 43.0 Å². The summed E-state index contributed by atoms with van der Waals surface area (Å²) in [5.41, 5.74) is 2.19. The Kier molecular flexibility index (Phi) is 7.49. The number of nitrogens with zero attached hydrogens (tertiary/aromatic N) is 2. The number of carbonyl (C=O) groups excluding carboxylic acids is 2. The average Bonchev–Trinajstić information content (AvgIpc) is 3.03. The Morgan fingerprint density at radius 1 is 1.19 bits per heavy atom. The predicted molar refractivity (Wildman–Crippen MR) is 125 cm³/mol. The van der Waals surface area contributed by atoms with E-state index in [4.69, 9.17) is 4.74 Å². The molecule has 1 atom stereocenters. The number of aliphatic hydroxyl groups is 1. The number of ketones is 1. The molecule has 0 aromatic heterocycles. The zero-order chi connectivity index (χ0) is 23.3. The fourth-order valence-corrected chi connectivity index (χ4v) is 3.91. The quantitative estimate of drug-likeness (QED) is 0.280. The topological polar surface area (TPSA) is 70.1 Å².